The van der Waals surface area contributed by atoms with Gasteiger partial charge in [0.05, 0.1) is 16.1 Å². The lowest BCUT2D eigenvalue weighted by molar-refractivity contribution is -0.126. The van der Waals surface area contributed by atoms with Gasteiger partial charge in [-0.1, -0.05) is 35.4 Å². The van der Waals surface area contributed by atoms with Gasteiger partial charge in [0, 0.05) is 24.6 Å². The van der Waals surface area contributed by atoms with Gasteiger partial charge in [-0.25, -0.2) is 18.2 Å². The normalized spacial score (nSPS) is 16.2. The maximum atomic E-state index is 13.7. The van der Waals surface area contributed by atoms with Crippen molar-refractivity contribution in [3.63, 3.8) is 0 Å². The molecule has 6 nitrogen and oxygen atoms in total. The number of carbonyl (C=O) groups is 1. The number of sulfonamides is 1. The molecule has 1 saturated heterocycles. The van der Waals surface area contributed by atoms with Crippen LogP contribution >= 0.6 is 11.6 Å². The summed E-state index contributed by atoms with van der Waals surface area (Å²) in [5.74, 6) is -1.24. The molecule has 2 aromatic rings. The molecule has 1 aliphatic heterocycles. The Kier molecular flexibility index (Phi) is 6.66. The summed E-state index contributed by atoms with van der Waals surface area (Å²) in [7, 11) is -3.57. The Morgan fingerprint density at radius 2 is 1.86 bits per heavy atom. The summed E-state index contributed by atoms with van der Waals surface area (Å²) in [5, 5.41) is 3.97. The number of halogens is 2. The van der Waals surface area contributed by atoms with Crippen molar-refractivity contribution in [3.05, 3.63) is 64.4 Å². The van der Waals surface area contributed by atoms with E-state index in [2.05, 4.69) is 10.5 Å². The summed E-state index contributed by atoms with van der Waals surface area (Å²) in [6.07, 6.45) is 1.92. The zero-order valence-corrected chi connectivity index (χ0v) is 17.4. The number of aryl methyl sites for hydroxylation is 1. The Morgan fingerprint density at radius 3 is 2.48 bits per heavy atom. The quantitative estimate of drug-likeness (QED) is 0.575. The highest BCUT2D eigenvalue weighted by Gasteiger charge is 2.32. The van der Waals surface area contributed by atoms with Gasteiger partial charge < -0.3 is 0 Å². The molecule has 0 saturated carbocycles. The van der Waals surface area contributed by atoms with Gasteiger partial charge in [0.1, 0.15) is 5.82 Å². The van der Waals surface area contributed by atoms with E-state index < -0.39 is 15.8 Å². The van der Waals surface area contributed by atoms with E-state index in [-0.39, 0.29) is 40.4 Å². The van der Waals surface area contributed by atoms with Gasteiger partial charge >= 0.3 is 0 Å². The molecule has 0 unspecified atom stereocenters. The number of hydrazone groups is 1. The second kappa shape index (κ2) is 9.02. The molecule has 0 spiro atoms. The molecular weight excluding hydrogens is 417 g/mol. The van der Waals surface area contributed by atoms with Gasteiger partial charge in [0.2, 0.25) is 15.9 Å². The molecule has 1 aliphatic rings. The van der Waals surface area contributed by atoms with Crippen LogP contribution in [0.1, 0.15) is 24.0 Å². The third kappa shape index (κ3) is 5.01. The van der Waals surface area contributed by atoms with E-state index in [1.807, 2.05) is 6.92 Å². The monoisotopic (exact) mass is 437 g/mol. The summed E-state index contributed by atoms with van der Waals surface area (Å²) in [6, 6.07) is 10.9. The summed E-state index contributed by atoms with van der Waals surface area (Å²) < 4.78 is 40.5. The van der Waals surface area contributed by atoms with E-state index in [0.29, 0.717) is 12.8 Å². The molecule has 154 valence electrons. The van der Waals surface area contributed by atoms with Crippen LogP contribution in [0.2, 0.25) is 5.02 Å². The maximum Gasteiger partial charge on any atom is 0.243 e. The van der Waals surface area contributed by atoms with Crippen LogP contribution in [0.3, 0.4) is 0 Å². The fourth-order valence-corrected chi connectivity index (χ4v) is 4.78. The smallest absolute Gasteiger partial charge is 0.243 e. The van der Waals surface area contributed by atoms with Gasteiger partial charge in [-0.2, -0.15) is 9.41 Å². The van der Waals surface area contributed by atoms with Gasteiger partial charge in [0.15, 0.2) is 0 Å². The average Bonchev–Trinajstić information content (AvgIpc) is 2.70. The van der Waals surface area contributed by atoms with Crippen LogP contribution in [-0.2, 0) is 14.8 Å². The lowest BCUT2D eigenvalue weighted by atomic mass is 9.98. The Morgan fingerprint density at radius 1 is 1.21 bits per heavy atom. The number of piperidine rings is 1. The van der Waals surface area contributed by atoms with E-state index in [1.54, 1.807) is 24.3 Å². The predicted octanol–water partition coefficient (Wildman–Crippen LogP) is 3.34. The molecule has 9 heteroatoms. The highest BCUT2D eigenvalue weighted by Crippen LogP contribution is 2.24. The first-order valence-corrected chi connectivity index (χ1v) is 10.9. The number of hydrogen-bond donors (Lipinski definition) is 1. The minimum Gasteiger partial charge on any atom is -0.273 e. The molecule has 3 rings (SSSR count). The van der Waals surface area contributed by atoms with Crippen molar-refractivity contribution in [2.45, 2.75) is 24.7 Å². The number of rotatable bonds is 5. The summed E-state index contributed by atoms with van der Waals surface area (Å²) >= 11 is 5.91. The largest absolute Gasteiger partial charge is 0.273 e. The topological polar surface area (TPSA) is 78.8 Å². The van der Waals surface area contributed by atoms with Gasteiger partial charge in [0.25, 0.3) is 0 Å². The van der Waals surface area contributed by atoms with Gasteiger partial charge in [-0.3, -0.25) is 4.79 Å². The number of hydrogen-bond acceptors (Lipinski definition) is 4. The van der Waals surface area contributed by atoms with E-state index in [0.717, 1.165) is 11.8 Å². The minimum absolute atomic E-state index is 0.0912. The number of amides is 1. The Bertz CT molecular complexity index is 998. The molecule has 29 heavy (non-hydrogen) atoms. The minimum atomic E-state index is -3.57. The standard InChI is InChI=1S/C20H21ClFN3O3S/c1-14-5-7-16(8-6-14)29(27,28)25-11-9-15(10-12-25)20(26)24-23-13-17-18(21)3-2-4-19(17)22/h2-8,13,15H,9-12H2,1H3,(H,24,26)/b23-13+. The maximum absolute atomic E-state index is 13.7. The zero-order chi connectivity index (χ0) is 21.0. The van der Waals surface area contributed by atoms with Crippen LogP contribution in [0.4, 0.5) is 4.39 Å². The van der Waals surface area contributed by atoms with E-state index in [1.165, 1.54) is 22.5 Å². The zero-order valence-electron chi connectivity index (χ0n) is 15.8. The van der Waals surface area contributed by atoms with Crippen LogP contribution in [0, 0.1) is 18.7 Å². The number of benzene rings is 2. The van der Waals surface area contributed by atoms with Crippen LogP contribution in [0.25, 0.3) is 0 Å². The second-order valence-electron chi connectivity index (χ2n) is 6.86. The molecule has 1 amide bonds. The van der Waals surface area contributed by atoms with Crippen molar-refractivity contribution >= 4 is 33.7 Å². The fourth-order valence-electron chi connectivity index (χ4n) is 3.10. The summed E-state index contributed by atoms with van der Waals surface area (Å²) in [5.41, 5.74) is 3.46. The van der Waals surface area contributed by atoms with Crippen molar-refractivity contribution in [2.75, 3.05) is 13.1 Å². The number of nitrogens with zero attached hydrogens (tertiary/aromatic N) is 2. The lowest BCUT2D eigenvalue weighted by Crippen LogP contribution is -2.42. The van der Waals surface area contributed by atoms with E-state index >= 15 is 0 Å². The molecule has 2 aromatic carbocycles. The Balaban J connectivity index is 1.57. The summed E-state index contributed by atoms with van der Waals surface area (Å²) in [4.78, 5) is 12.5. The second-order valence-corrected chi connectivity index (χ2v) is 9.21. The summed E-state index contributed by atoms with van der Waals surface area (Å²) in [6.45, 7) is 2.39. The highest BCUT2D eigenvalue weighted by atomic mass is 35.5. The molecular formula is C20H21ClFN3O3S. The molecule has 0 bridgehead atoms. The van der Waals surface area contributed by atoms with Crippen molar-refractivity contribution < 1.29 is 17.6 Å². The van der Waals surface area contributed by atoms with E-state index in [4.69, 9.17) is 11.6 Å². The van der Waals surface area contributed by atoms with Crippen molar-refractivity contribution in [1.82, 2.24) is 9.73 Å². The molecule has 0 aliphatic carbocycles. The first-order valence-electron chi connectivity index (χ1n) is 9.13. The predicted molar refractivity (Wildman–Crippen MR) is 110 cm³/mol. The van der Waals surface area contributed by atoms with Crippen LogP contribution in [-0.4, -0.2) is 37.9 Å². The SMILES string of the molecule is Cc1ccc(S(=O)(=O)N2CCC(C(=O)N/N=C/c3c(F)cccc3Cl)CC2)cc1. The molecule has 0 radical (unpaired) electrons. The van der Waals surface area contributed by atoms with Gasteiger partial charge in [-0.05, 0) is 44.0 Å². The van der Waals surface area contributed by atoms with Crippen LogP contribution in [0.5, 0.6) is 0 Å². The fraction of sp³-hybridized carbons (Fsp3) is 0.300. The van der Waals surface area contributed by atoms with Crippen LogP contribution in [0.15, 0.2) is 52.5 Å². The Labute approximate surface area is 174 Å². The highest BCUT2D eigenvalue weighted by molar-refractivity contribution is 7.89. The average molecular weight is 438 g/mol. The Hall–Kier alpha value is -2.29. The van der Waals surface area contributed by atoms with Crippen molar-refractivity contribution in [1.29, 1.82) is 0 Å². The third-order valence-corrected chi connectivity index (χ3v) is 7.09. The molecule has 1 N–H and O–H groups in total. The molecule has 0 atom stereocenters. The van der Waals surface area contributed by atoms with Gasteiger partial charge in [-0.15, -0.1) is 0 Å². The van der Waals surface area contributed by atoms with Crippen molar-refractivity contribution in [2.24, 2.45) is 11.0 Å². The first kappa shape index (κ1) is 21.4. The van der Waals surface area contributed by atoms with E-state index in [9.17, 15) is 17.6 Å². The number of nitrogens with one attached hydrogen (secondary N) is 1. The van der Waals surface area contributed by atoms with Crippen molar-refractivity contribution in [3.8, 4) is 0 Å². The lowest BCUT2D eigenvalue weighted by Gasteiger charge is -2.30. The molecule has 0 aromatic heterocycles. The molecule has 1 heterocycles. The molecule has 1 fully saturated rings. The third-order valence-electron chi connectivity index (χ3n) is 4.85. The number of carbonyl (C=O) groups excluding carboxylic acids is 1. The van der Waals surface area contributed by atoms with Crippen LogP contribution < -0.4 is 5.43 Å². The first-order chi connectivity index (χ1) is 13.8.